The SMILES string of the molecule is CC1CCCC[C@@H]1O. The van der Waals surface area contributed by atoms with Gasteiger partial charge in [-0.2, -0.15) is 0 Å². The molecular weight excluding hydrogens is 100 g/mol. The average Bonchev–Trinajstić information content (AvgIpc) is 1.77. The lowest BCUT2D eigenvalue weighted by molar-refractivity contribution is 0.0793. The lowest BCUT2D eigenvalue weighted by atomic mass is 9.88. The van der Waals surface area contributed by atoms with Crippen molar-refractivity contribution in [3.8, 4) is 0 Å². The van der Waals surface area contributed by atoms with Gasteiger partial charge in [0.2, 0.25) is 0 Å². The van der Waals surface area contributed by atoms with Crippen LogP contribution in [0.4, 0.5) is 0 Å². The van der Waals surface area contributed by atoms with Crippen molar-refractivity contribution in [2.75, 3.05) is 0 Å². The number of rotatable bonds is 0. The first-order valence-corrected chi connectivity index (χ1v) is 3.49. The van der Waals surface area contributed by atoms with Gasteiger partial charge in [0.15, 0.2) is 0 Å². The minimum atomic E-state index is 0.00347. The largest absolute Gasteiger partial charge is 0.393 e. The van der Waals surface area contributed by atoms with E-state index in [-0.39, 0.29) is 6.10 Å². The molecule has 1 N–H and O–H groups in total. The maximum absolute atomic E-state index is 9.18. The summed E-state index contributed by atoms with van der Waals surface area (Å²) in [5.41, 5.74) is 0. The van der Waals surface area contributed by atoms with Crippen LogP contribution in [0.2, 0.25) is 0 Å². The third-order valence-corrected chi connectivity index (χ3v) is 2.07. The zero-order valence-corrected chi connectivity index (χ0v) is 5.43. The molecule has 0 spiro atoms. The molecule has 0 aliphatic heterocycles. The molecule has 1 unspecified atom stereocenters. The van der Waals surface area contributed by atoms with E-state index < -0.39 is 0 Å². The molecule has 0 heterocycles. The van der Waals surface area contributed by atoms with Crippen LogP contribution in [0.25, 0.3) is 0 Å². The summed E-state index contributed by atoms with van der Waals surface area (Å²) in [6.45, 7) is 2.13. The summed E-state index contributed by atoms with van der Waals surface area (Å²) in [5, 5.41) is 9.18. The molecule has 1 nitrogen and oxygen atoms in total. The quantitative estimate of drug-likeness (QED) is 0.506. The predicted molar refractivity (Wildman–Crippen MR) is 33.6 cm³/mol. The van der Waals surface area contributed by atoms with Gasteiger partial charge in [0, 0.05) is 0 Å². The van der Waals surface area contributed by atoms with Crippen molar-refractivity contribution in [3.63, 3.8) is 0 Å². The van der Waals surface area contributed by atoms with Crippen LogP contribution in [0.3, 0.4) is 0 Å². The summed E-state index contributed by atoms with van der Waals surface area (Å²) in [5.74, 6) is 0.559. The maximum atomic E-state index is 9.18. The monoisotopic (exact) mass is 114 g/mol. The van der Waals surface area contributed by atoms with Gasteiger partial charge in [0.05, 0.1) is 6.10 Å². The Morgan fingerprint density at radius 1 is 1.25 bits per heavy atom. The summed E-state index contributed by atoms with van der Waals surface area (Å²) < 4.78 is 0. The predicted octanol–water partition coefficient (Wildman–Crippen LogP) is 1.56. The molecular formula is C7H14O. The molecule has 1 heteroatoms. The van der Waals surface area contributed by atoms with E-state index in [1.165, 1.54) is 19.3 Å². The molecule has 0 aromatic rings. The standard InChI is InChI=1S/C7H14O/c1-6-4-2-3-5-7(6)8/h6-8H,2-5H2,1H3/t6?,7-/m0/s1. The lowest BCUT2D eigenvalue weighted by Crippen LogP contribution is -2.21. The molecule has 0 saturated heterocycles. The topological polar surface area (TPSA) is 20.2 Å². The highest BCUT2D eigenvalue weighted by Gasteiger charge is 2.17. The molecule has 0 aromatic carbocycles. The second kappa shape index (κ2) is 2.49. The van der Waals surface area contributed by atoms with Crippen LogP contribution in [0.1, 0.15) is 32.6 Å². The first-order valence-electron chi connectivity index (χ1n) is 3.49. The molecule has 0 radical (unpaired) electrons. The molecule has 0 amide bonds. The van der Waals surface area contributed by atoms with Crippen LogP contribution in [0.5, 0.6) is 0 Å². The highest BCUT2D eigenvalue weighted by Crippen LogP contribution is 2.22. The molecule has 1 rings (SSSR count). The van der Waals surface area contributed by atoms with Crippen molar-refractivity contribution in [2.45, 2.75) is 38.7 Å². The summed E-state index contributed by atoms with van der Waals surface area (Å²) in [6, 6.07) is 0. The molecule has 8 heavy (non-hydrogen) atoms. The molecule has 1 aliphatic carbocycles. The fourth-order valence-corrected chi connectivity index (χ4v) is 1.30. The highest BCUT2D eigenvalue weighted by atomic mass is 16.3. The minimum Gasteiger partial charge on any atom is -0.393 e. The Morgan fingerprint density at radius 3 is 2.25 bits per heavy atom. The van der Waals surface area contributed by atoms with Gasteiger partial charge in [-0.3, -0.25) is 0 Å². The second-order valence-corrected chi connectivity index (χ2v) is 2.83. The smallest absolute Gasteiger partial charge is 0.0565 e. The normalized spacial score (nSPS) is 39.8. The Bertz CT molecular complexity index is 60.8. The molecule has 1 fully saturated rings. The fraction of sp³-hybridized carbons (Fsp3) is 1.00. The van der Waals surface area contributed by atoms with E-state index in [1.807, 2.05) is 0 Å². The first kappa shape index (κ1) is 6.09. The van der Waals surface area contributed by atoms with Crippen LogP contribution in [-0.2, 0) is 0 Å². The van der Waals surface area contributed by atoms with Crippen molar-refractivity contribution in [2.24, 2.45) is 5.92 Å². The molecule has 2 atom stereocenters. The van der Waals surface area contributed by atoms with Crippen LogP contribution >= 0.6 is 0 Å². The van der Waals surface area contributed by atoms with E-state index >= 15 is 0 Å². The average molecular weight is 114 g/mol. The van der Waals surface area contributed by atoms with Gasteiger partial charge in [0.1, 0.15) is 0 Å². The molecule has 1 saturated carbocycles. The van der Waals surface area contributed by atoms with Crippen molar-refractivity contribution in [1.29, 1.82) is 0 Å². The van der Waals surface area contributed by atoms with E-state index in [4.69, 9.17) is 0 Å². The van der Waals surface area contributed by atoms with E-state index in [1.54, 1.807) is 0 Å². The van der Waals surface area contributed by atoms with Crippen LogP contribution in [0, 0.1) is 5.92 Å². The Kier molecular flexibility index (Phi) is 1.90. The summed E-state index contributed by atoms with van der Waals surface area (Å²) >= 11 is 0. The van der Waals surface area contributed by atoms with Gasteiger partial charge in [-0.1, -0.05) is 19.8 Å². The number of hydrogen-bond acceptors (Lipinski definition) is 1. The second-order valence-electron chi connectivity index (χ2n) is 2.83. The third-order valence-electron chi connectivity index (χ3n) is 2.07. The molecule has 0 aromatic heterocycles. The van der Waals surface area contributed by atoms with E-state index in [0.29, 0.717) is 5.92 Å². The van der Waals surface area contributed by atoms with Gasteiger partial charge in [-0.05, 0) is 18.8 Å². The number of hydrogen-bond donors (Lipinski definition) is 1. The van der Waals surface area contributed by atoms with Crippen LogP contribution in [-0.4, -0.2) is 11.2 Å². The zero-order chi connectivity index (χ0) is 5.98. The van der Waals surface area contributed by atoms with Gasteiger partial charge >= 0.3 is 0 Å². The van der Waals surface area contributed by atoms with E-state index in [9.17, 15) is 5.11 Å². The van der Waals surface area contributed by atoms with E-state index in [2.05, 4.69) is 6.92 Å². The van der Waals surface area contributed by atoms with Crippen molar-refractivity contribution in [3.05, 3.63) is 0 Å². The Labute approximate surface area is 50.7 Å². The Morgan fingerprint density at radius 2 is 1.88 bits per heavy atom. The summed E-state index contributed by atoms with van der Waals surface area (Å²) in [4.78, 5) is 0. The van der Waals surface area contributed by atoms with Crippen LogP contribution < -0.4 is 0 Å². The lowest BCUT2D eigenvalue weighted by Gasteiger charge is -2.23. The van der Waals surface area contributed by atoms with Gasteiger partial charge < -0.3 is 5.11 Å². The van der Waals surface area contributed by atoms with Gasteiger partial charge in [-0.25, -0.2) is 0 Å². The number of aliphatic hydroxyl groups is 1. The Balaban J connectivity index is 2.28. The fourth-order valence-electron chi connectivity index (χ4n) is 1.30. The highest BCUT2D eigenvalue weighted by molar-refractivity contribution is 4.69. The Hall–Kier alpha value is -0.0400. The van der Waals surface area contributed by atoms with Crippen molar-refractivity contribution in [1.82, 2.24) is 0 Å². The minimum absolute atomic E-state index is 0.00347. The number of aliphatic hydroxyl groups excluding tert-OH is 1. The van der Waals surface area contributed by atoms with Gasteiger partial charge in [-0.15, -0.1) is 0 Å². The summed E-state index contributed by atoms with van der Waals surface area (Å²) in [6.07, 6.45) is 4.80. The third kappa shape index (κ3) is 1.22. The van der Waals surface area contributed by atoms with Crippen LogP contribution in [0.15, 0.2) is 0 Å². The van der Waals surface area contributed by atoms with Crippen molar-refractivity contribution < 1.29 is 5.11 Å². The molecule has 1 aliphatic rings. The first-order chi connectivity index (χ1) is 3.80. The maximum Gasteiger partial charge on any atom is 0.0565 e. The molecule has 48 valence electrons. The van der Waals surface area contributed by atoms with Gasteiger partial charge in [0.25, 0.3) is 0 Å². The molecule has 0 bridgehead atoms. The summed E-state index contributed by atoms with van der Waals surface area (Å²) in [7, 11) is 0. The van der Waals surface area contributed by atoms with E-state index in [0.717, 1.165) is 6.42 Å². The van der Waals surface area contributed by atoms with Crippen molar-refractivity contribution >= 4 is 0 Å². The zero-order valence-electron chi connectivity index (χ0n) is 5.43.